The summed E-state index contributed by atoms with van der Waals surface area (Å²) in [5, 5.41) is 12.0. The number of benzene rings is 1. The zero-order valence-corrected chi connectivity index (χ0v) is 12.8. The molecule has 1 rings (SSSR count). The third-order valence-corrected chi connectivity index (χ3v) is 4.18. The SMILES string of the molecule is CCNS(=O)(=O)c1ccc(C(=O)NCC(O)COC)cc1. The van der Waals surface area contributed by atoms with Gasteiger partial charge in [0.05, 0.1) is 17.6 Å². The highest BCUT2D eigenvalue weighted by molar-refractivity contribution is 7.89. The zero-order valence-electron chi connectivity index (χ0n) is 12.0. The molecule has 8 heteroatoms. The largest absolute Gasteiger partial charge is 0.389 e. The van der Waals surface area contributed by atoms with Gasteiger partial charge in [-0.3, -0.25) is 4.79 Å². The van der Waals surface area contributed by atoms with Gasteiger partial charge >= 0.3 is 0 Å². The number of amides is 1. The lowest BCUT2D eigenvalue weighted by Gasteiger charge is -2.11. The van der Waals surface area contributed by atoms with E-state index < -0.39 is 22.0 Å². The minimum atomic E-state index is -3.52. The molecule has 0 heterocycles. The predicted octanol–water partition coefficient (Wildman–Crippen LogP) is -0.278. The van der Waals surface area contributed by atoms with Crippen LogP contribution in [-0.2, 0) is 14.8 Å². The Kier molecular flexibility index (Phi) is 6.76. The summed E-state index contributed by atoms with van der Waals surface area (Å²) in [7, 11) is -2.07. The van der Waals surface area contributed by atoms with Crippen molar-refractivity contribution in [2.45, 2.75) is 17.9 Å². The first-order chi connectivity index (χ1) is 9.90. The number of methoxy groups -OCH3 is 1. The Hall–Kier alpha value is -1.48. The van der Waals surface area contributed by atoms with Gasteiger partial charge in [0.15, 0.2) is 0 Å². The third kappa shape index (κ3) is 5.43. The summed E-state index contributed by atoms with van der Waals surface area (Å²) in [6.07, 6.45) is -0.785. The summed E-state index contributed by atoms with van der Waals surface area (Å²) in [6.45, 7) is 2.16. The fraction of sp³-hybridized carbons (Fsp3) is 0.462. The molecule has 3 N–H and O–H groups in total. The predicted molar refractivity (Wildman–Crippen MR) is 77.5 cm³/mol. The van der Waals surface area contributed by atoms with Crippen molar-refractivity contribution >= 4 is 15.9 Å². The number of hydrogen-bond donors (Lipinski definition) is 3. The molecule has 0 saturated carbocycles. The second-order valence-electron chi connectivity index (χ2n) is 4.34. The van der Waals surface area contributed by atoms with Crippen molar-refractivity contribution in [1.82, 2.24) is 10.0 Å². The fourth-order valence-corrected chi connectivity index (χ4v) is 2.66. The van der Waals surface area contributed by atoms with E-state index in [9.17, 15) is 18.3 Å². The Labute approximate surface area is 124 Å². The van der Waals surface area contributed by atoms with Gasteiger partial charge in [0.2, 0.25) is 10.0 Å². The van der Waals surface area contributed by atoms with E-state index in [4.69, 9.17) is 4.74 Å². The molecular weight excluding hydrogens is 296 g/mol. The number of aliphatic hydroxyl groups is 1. The number of rotatable bonds is 8. The molecule has 0 fully saturated rings. The van der Waals surface area contributed by atoms with Crippen molar-refractivity contribution in [2.75, 3.05) is 26.8 Å². The number of carbonyl (C=O) groups excluding carboxylic acids is 1. The van der Waals surface area contributed by atoms with E-state index in [-0.39, 0.29) is 18.0 Å². The van der Waals surface area contributed by atoms with Gasteiger partial charge in [0.1, 0.15) is 0 Å². The van der Waals surface area contributed by atoms with Gasteiger partial charge in [0, 0.05) is 25.8 Å². The molecule has 0 radical (unpaired) electrons. The van der Waals surface area contributed by atoms with E-state index in [0.717, 1.165) is 0 Å². The van der Waals surface area contributed by atoms with Crippen LogP contribution in [0, 0.1) is 0 Å². The van der Waals surface area contributed by atoms with Gasteiger partial charge in [-0.05, 0) is 24.3 Å². The highest BCUT2D eigenvalue weighted by Crippen LogP contribution is 2.10. The normalized spacial score (nSPS) is 12.9. The van der Waals surface area contributed by atoms with Crippen LogP contribution in [0.3, 0.4) is 0 Å². The third-order valence-electron chi connectivity index (χ3n) is 2.62. The maximum Gasteiger partial charge on any atom is 0.251 e. The van der Waals surface area contributed by atoms with Gasteiger partial charge in [-0.1, -0.05) is 6.92 Å². The Morgan fingerprint density at radius 3 is 2.48 bits per heavy atom. The second-order valence-corrected chi connectivity index (χ2v) is 6.11. The lowest BCUT2D eigenvalue weighted by molar-refractivity contribution is 0.0610. The first-order valence-electron chi connectivity index (χ1n) is 6.45. The summed E-state index contributed by atoms with van der Waals surface area (Å²) >= 11 is 0. The maximum absolute atomic E-state index is 11.8. The molecule has 0 aliphatic carbocycles. The van der Waals surface area contributed by atoms with Crippen molar-refractivity contribution < 1.29 is 23.1 Å². The topological polar surface area (TPSA) is 105 Å². The molecule has 0 aliphatic rings. The van der Waals surface area contributed by atoms with Gasteiger partial charge in [-0.2, -0.15) is 0 Å². The van der Waals surface area contributed by atoms with E-state index in [1.54, 1.807) is 6.92 Å². The summed E-state index contributed by atoms with van der Waals surface area (Å²) in [5.74, 6) is -0.391. The molecule has 1 aromatic rings. The highest BCUT2D eigenvalue weighted by atomic mass is 32.2. The lowest BCUT2D eigenvalue weighted by atomic mass is 10.2. The second kappa shape index (κ2) is 8.08. The average molecular weight is 316 g/mol. The Balaban J connectivity index is 2.68. The minimum Gasteiger partial charge on any atom is -0.389 e. The van der Waals surface area contributed by atoms with Crippen LogP contribution in [0.1, 0.15) is 17.3 Å². The van der Waals surface area contributed by atoms with Crippen LogP contribution in [0.25, 0.3) is 0 Å². The Bertz CT molecular complexity index is 556. The monoisotopic (exact) mass is 316 g/mol. The van der Waals surface area contributed by atoms with Crippen LogP contribution in [0.4, 0.5) is 0 Å². The van der Waals surface area contributed by atoms with Crippen molar-refractivity contribution in [3.8, 4) is 0 Å². The van der Waals surface area contributed by atoms with Crippen LogP contribution < -0.4 is 10.0 Å². The van der Waals surface area contributed by atoms with E-state index in [2.05, 4.69) is 10.0 Å². The molecule has 0 aromatic heterocycles. The van der Waals surface area contributed by atoms with Crippen molar-refractivity contribution in [3.63, 3.8) is 0 Å². The fourth-order valence-electron chi connectivity index (χ4n) is 1.62. The molecule has 0 saturated heterocycles. The highest BCUT2D eigenvalue weighted by Gasteiger charge is 2.14. The molecule has 1 atom stereocenters. The summed E-state index contributed by atoms with van der Waals surface area (Å²) in [4.78, 5) is 11.9. The number of ether oxygens (including phenoxy) is 1. The van der Waals surface area contributed by atoms with Crippen LogP contribution >= 0.6 is 0 Å². The smallest absolute Gasteiger partial charge is 0.251 e. The van der Waals surface area contributed by atoms with Gasteiger partial charge in [-0.15, -0.1) is 0 Å². The number of sulfonamides is 1. The first-order valence-corrected chi connectivity index (χ1v) is 7.94. The Morgan fingerprint density at radius 2 is 1.95 bits per heavy atom. The van der Waals surface area contributed by atoms with E-state index in [1.165, 1.54) is 31.4 Å². The number of hydrogen-bond acceptors (Lipinski definition) is 5. The molecule has 7 nitrogen and oxygen atoms in total. The summed E-state index contributed by atoms with van der Waals surface area (Å²) in [6, 6.07) is 5.56. The van der Waals surface area contributed by atoms with Crippen molar-refractivity contribution in [1.29, 1.82) is 0 Å². The standard InChI is InChI=1S/C13H20N2O5S/c1-3-15-21(18,19)12-6-4-10(5-7-12)13(17)14-8-11(16)9-20-2/h4-7,11,15-16H,3,8-9H2,1-2H3,(H,14,17). The molecular formula is C13H20N2O5S. The molecule has 1 unspecified atom stereocenters. The molecule has 0 spiro atoms. The molecule has 1 amide bonds. The molecule has 21 heavy (non-hydrogen) atoms. The molecule has 0 bridgehead atoms. The zero-order chi connectivity index (χ0) is 15.9. The minimum absolute atomic E-state index is 0.0596. The van der Waals surface area contributed by atoms with Gasteiger partial charge in [-0.25, -0.2) is 13.1 Å². The quantitative estimate of drug-likeness (QED) is 0.612. The summed E-state index contributed by atoms with van der Waals surface area (Å²) in [5.41, 5.74) is 0.315. The lowest BCUT2D eigenvalue weighted by Crippen LogP contribution is -2.34. The van der Waals surface area contributed by atoms with Crippen LogP contribution in [0.15, 0.2) is 29.2 Å². The van der Waals surface area contributed by atoms with Crippen LogP contribution in [0.2, 0.25) is 0 Å². The summed E-state index contributed by atoms with van der Waals surface area (Å²) < 4.78 is 30.6. The number of carbonyl (C=O) groups is 1. The van der Waals surface area contributed by atoms with Crippen LogP contribution in [-0.4, -0.2) is 52.3 Å². The van der Waals surface area contributed by atoms with Gasteiger partial charge < -0.3 is 15.2 Å². The number of nitrogens with one attached hydrogen (secondary N) is 2. The van der Waals surface area contributed by atoms with E-state index in [0.29, 0.717) is 12.1 Å². The van der Waals surface area contributed by atoms with Crippen LogP contribution in [0.5, 0.6) is 0 Å². The Morgan fingerprint density at radius 1 is 1.33 bits per heavy atom. The maximum atomic E-state index is 11.8. The van der Waals surface area contributed by atoms with Crippen molar-refractivity contribution in [3.05, 3.63) is 29.8 Å². The van der Waals surface area contributed by atoms with Gasteiger partial charge in [0.25, 0.3) is 5.91 Å². The molecule has 118 valence electrons. The van der Waals surface area contributed by atoms with E-state index in [1.807, 2.05) is 0 Å². The first kappa shape index (κ1) is 17.6. The van der Waals surface area contributed by atoms with E-state index >= 15 is 0 Å². The average Bonchev–Trinajstić information content (AvgIpc) is 2.45. The van der Waals surface area contributed by atoms with Crippen molar-refractivity contribution in [2.24, 2.45) is 0 Å². The molecule has 0 aliphatic heterocycles. The number of aliphatic hydroxyl groups excluding tert-OH is 1. The molecule has 1 aromatic carbocycles.